The minimum Gasteiger partial charge on any atom is -0.435 e. The van der Waals surface area contributed by atoms with Gasteiger partial charge in [-0.3, -0.25) is 9.78 Å². The van der Waals surface area contributed by atoms with Gasteiger partial charge in [-0.2, -0.15) is 8.78 Å². The third-order valence-electron chi connectivity index (χ3n) is 3.43. The highest BCUT2D eigenvalue weighted by Crippen LogP contribution is 2.28. The summed E-state index contributed by atoms with van der Waals surface area (Å²) in [5.41, 5.74) is 1.30. The van der Waals surface area contributed by atoms with Crippen molar-refractivity contribution in [3.63, 3.8) is 0 Å². The van der Waals surface area contributed by atoms with Gasteiger partial charge in [-0.25, -0.2) is 9.97 Å². The van der Waals surface area contributed by atoms with Gasteiger partial charge in [-0.1, -0.05) is 35.2 Å². The minimum absolute atomic E-state index is 0.0830. The topological polar surface area (TPSA) is 100 Å². The van der Waals surface area contributed by atoms with Crippen LogP contribution in [0.4, 0.5) is 14.6 Å². The molecular weight excluding hydrogens is 398 g/mol. The predicted molar refractivity (Wildman–Crippen MR) is 101 cm³/mol. The van der Waals surface area contributed by atoms with Crippen molar-refractivity contribution in [1.29, 1.82) is 0 Å². The molecule has 11 heteroatoms. The van der Waals surface area contributed by atoms with E-state index in [0.717, 1.165) is 16.9 Å². The second-order valence-electron chi connectivity index (χ2n) is 5.59. The first kappa shape index (κ1) is 19.5. The smallest absolute Gasteiger partial charge is 0.387 e. The summed E-state index contributed by atoms with van der Waals surface area (Å²) in [4.78, 5) is 22.8. The number of benzene rings is 1. The standard InChI is InChI=1S/C16H16F2N4O3S2/c1-8(6-23)19-12-11-13(22-16(24)27-11)21-15(20-12)26-7-9-2-4-10(5-3-9)25-14(17)18/h2-5,8,14,23H,6-7H2,1H3,(H2,19,20,21,22,24). The number of aromatic amines is 1. The number of H-pyrrole nitrogens is 1. The zero-order valence-corrected chi connectivity index (χ0v) is 15.7. The Morgan fingerprint density at radius 3 is 2.74 bits per heavy atom. The van der Waals surface area contributed by atoms with Crippen molar-refractivity contribution in [3.8, 4) is 5.75 Å². The fourth-order valence-corrected chi connectivity index (χ4v) is 3.71. The molecule has 2 aromatic heterocycles. The molecule has 3 N–H and O–H groups in total. The highest BCUT2D eigenvalue weighted by molar-refractivity contribution is 7.98. The number of aromatic nitrogens is 3. The van der Waals surface area contributed by atoms with Crippen LogP contribution in [-0.4, -0.2) is 39.3 Å². The molecule has 0 aliphatic heterocycles. The first-order valence-corrected chi connectivity index (χ1v) is 9.69. The van der Waals surface area contributed by atoms with Crippen LogP contribution in [0.25, 0.3) is 10.3 Å². The summed E-state index contributed by atoms with van der Waals surface area (Å²) in [5.74, 6) is 1.08. The number of aliphatic hydroxyl groups excluding tert-OH is 1. The summed E-state index contributed by atoms with van der Waals surface area (Å²) in [7, 11) is 0. The lowest BCUT2D eigenvalue weighted by Crippen LogP contribution is -2.20. The van der Waals surface area contributed by atoms with Crippen molar-refractivity contribution in [2.75, 3.05) is 11.9 Å². The van der Waals surface area contributed by atoms with Gasteiger partial charge in [0, 0.05) is 11.8 Å². The second kappa shape index (κ2) is 8.63. The summed E-state index contributed by atoms with van der Waals surface area (Å²) >= 11 is 2.33. The number of fused-ring (bicyclic) bond motifs is 1. The highest BCUT2D eigenvalue weighted by Gasteiger charge is 2.14. The van der Waals surface area contributed by atoms with Gasteiger partial charge in [0.05, 0.1) is 6.61 Å². The maximum Gasteiger partial charge on any atom is 0.387 e. The summed E-state index contributed by atoms with van der Waals surface area (Å²) in [6, 6.07) is 6.07. The summed E-state index contributed by atoms with van der Waals surface area (Å²) in [5, 5.41) is 12.7. The zero-order valence-electron chi connectivity index (χ0n) is 14.1. The zero-order chi connectivity index (χ0) is 19.4. The van der Waals surface area contributed by atoms with Crippen LogP contribution in [0.3, 0.4) is 0 Å². The Labute approximate surface area is 160 Å². The van der Waals surface area contributed by atoms with Gasteiger partial charge >= 0.3 is 11.5 Å². The summed E-state index contributed by atoms with van der Waals surface area (Å²) in [6.07, 6.45) is 0. The second-order valence-corrected chi connectivity index (χ2v) is 7.51. The molecule has 3 aromatic rings. The molecule has 1 aromatic carbocycles. The van der Waals surface area contributed by atoms with Crippen LogP contribution in [0.15, 0.2) is 34.2 Å². The molecule has 0 aliphatic rings. The number of halogens is 2. The predicted octanol–water partition coefficient (Wildman–Crippen LogP) is 3.07. The number of nitrogens with one attached hydrogen (secondary N) is 2. The molecule has 27 heavy (non-hydrogen) atoms. The van der Waals surface area contributed by atoms with Crippen LogP contribution < -0.4 is 14.9 Å². The van der Waals surface area contributed by atoms with Crippen molar-refractivity contribution >= 4 is 39.3 Å². The molecule has 0 amide bonds. The van der Waals surface area contributed by atoms with E-state index in [1.54, 1.807) is 19.1 Å². The summed E-state index contributed by atoms with van der Waals surface area (Å²) in [6.45, 7) is -1.15. The molecule has 1 unspecified atom stereocenters. The highest BCUT2D eigenvalue weighted by atomic mass is 32.2. The van der Waals surface area contributed by atoms with E-state index in [9.17, 15) is 18.7 Å². The Kier molecular flexibility index (Phi) is 6.24. The molecule has 0 radical (unpaired) electrons. The monoisotopic (exact) mass is 414 g/mol. The van der Waals surface area contributed by atoms with Gasteiger partial charge in [0.1, 0.15) is 10.4 Å². The molecule has 0 aliphatic carbocycles. The maximum atomic E-state index is 12.2. The third-order valence-corrected chi connectivity index (χ3v) is 5.23. The Hall–Kier alpha value is -2.24. The fourth-order valence-electron chi connectivity index (χ4n) is 2.18. The molecule has 1 atom stereocenters. The average Bonchev–Trinajstić information content (AvgIpc) is 3.01. The van der Waals surface area contributed by atoms with E-state index in [1.807, 2.05) is 0 Å². The van der Waals surface area contributed by atoms with Crippen LogP contribution in [0.5, 0.6) is 5.75 Å². The number of nitrogens with zero attached hydrogens (tertiary/aromatic N) is 2. The molecule has 3 rings (SSSR count). The van der Waals surface area contributed by atoms with Gasteiger partial charge in [0.2, 0.25) is 0 Å². The van der Waals surface area contributed by atoms with E-state index < -0.39 is 6.61 Å². The lowest BCUT2D eigenvalue weighted by atomic mass is 10.2. The van der Waals surface area contributed by atoms with Crippen molar-refractivity contribution in [2.24, 2.45) is 0 Å². The van der Waals surface area contributed by atoms with Crippen molar-refractivity contribution in [3.05, 3.63) is 39.5 Å². The number of hydrogen-bond acceptors (Lipinski definition) is 8. The van der Waals surface area contributed by atoms with Gasteiger partial charge in [0.25, 0.3) is 0 Å². The number of thiazole rings is 1. The number of ether oxygens (including phenoxy) is 1. The quantitative estimate of drug-likeness (QED) is 0.385. The molecule has 0 fully saturated rings. The van der Waals surface area contributed by atoms with Crippen LogP contribution in [0, 0.1) is 0 Å². The van der Waals surface area contributed by atoms with Crippen LogP contribution >= 0.6 is 23.1 Å². The van der Waals surface area contributed by atoms with Crippen LogP contribution in [0.2, 0.25) is 0 Å². The Balaban J connectivity index is 1.77. The lowest BCUT2D eigenvalue weighted by Gasteiger charge is -2.12. The molecule has 0 spiro atoms. The van der Waals surface area contributed by atoms with E-state index in [2.05, 4.69) is 25.0 Å². The maximum absolute atomic E-state index is 12.2. The Bertz CT molecular complexity index is 962. The van der Waals surface area contributed by atoms with Gasteiger partial charge in [-0.15, -0.1) is 0 Å². The number of anilines is 1. The Morgan fingerprint density at radius 1 is 1.33 bits per heavy atom. The minimum atomic E-state index is -2.86. The van der Waals surface area contributed by atoms with Gasteiger partial charge in [-0.05, 0) is 24.6 Å². The fraction of sp³-hybridized carbons (Fsp3) is 0.312. The lowest BCUT2D eigenvalue weighted by molar-refractivity contribution is -0.0498. The van der Waals surface area contributed by atoms with Gasteiger partial charge < -0.3 is 15.2 Å². The number of rotatable bonds is 8. The number of aliphatic hydroxyl groups is 1. The first-order chi connectivity index (χ1) is 12.9. The van der Waals surface area contributed by atoms with Crippen molar-refractivity contribution in [1.82, 2.24) is 15.0 Å². The Morgan fingerprint density at radius 2 is 2.07 bits per heavy atom. The molecule has 0 bridgehead atoms. The average molecular weight is 414 g/mol. The SMILES string of the molecule is CC(CO)Nc1nc(SCc2ccc(OC(F)F)cc2)nc2[nH]c(=O)sc12. The number of thioether (sulfide) groups is 1. The third kappa shape index (κ3) is 5.15. The largest absolute Gasteiger partial charge is 0.435 e. The molecule has 7 nitrogen and oxygen atoms in total. The van der Waals surface area contributed by atoms with E-state index >= 15 is 0 Å². The molecular formula is C16H16F2N4O3S2. The molecule has 0 saturated carbocycles. The summed E-state index contributed by atoms with van der Waals surface area (Å²) < 4.78 is 29.3. The van der Waals surface area contributed by atoms with E-state index in [-0.39, 0.29) is 23.3 Å². The molecule has 2 heterocycles. The van der Waals surface area contributed by atoms with E-state index in [0.29, 0.717) is 27.1 Å². The van der Waals surface area contributed by atoms with Crippen molar-refractivity contribution < 1.29 is 18.6 Å². The normalized spacial score (nSPS) is 12.5. The first-order valence-electron chi connectivity index (χ1n) is 7.89. The van der Waals surface area contributed by atoms with Crippen LogP contribution in [0.1, 0.15) is 12.5 Å². The van der Waals surface area contributed by atoms with Gasteiger partial charge in [0.15, 0.2) is 16.6 Å². The molecule has 144 valence electrons. The van der Waals surface area contributed by atoms with E-state index in [4.69, 9.17) is 0 Å². The van der Waals surface area contributed by atoms with Crippen molar-refractivity contribution in [2.45, 2.75) is 30.5 Å². The molecule has 0 saturated heterocycles. The van der Waals surface area contributed by atoms with E-state index in [1.165, 1.54) is 23.9 Å². The number of alkyl halides is 2. The van der Waals surface area contributed by atoms with Crippen LogP contribution in [-0.2, 0) is 5.75 Å². The number of hydrogen-bond donors (Lipinski definition) is 3.